The first-order valence-corrected chi connectivity index (χ1v) is 10.4. The summed E-state index contributed by atoms with van der Waals surface area (Å²) in [6.07, 6.45) is -3.42. The Morgan fingerprint density at radius 3 is 2.49 bits per heavy atom. The molecular weight excluding hydrogens is 465 g/mol. The third-order valence-corrected chi connectivity index (χ3v) is 5.19. The van der Waals surface area contributed by atoms with Gasteiger partial charge in [0.2, 0.25) is 0 Å². The molecule has 1 N–H and O–H groups in total. The molecule has 1 saturated heterocycles. The van der Waals surface area contributed by atoms with Gasteiger partial charge in [0, 0.05) is 18.4 Å². The van der Waals surface area contributed by atoms with Crippen LogP contribution < -0.4 is 15.0 Å². The van der Waals surface area contributed by atoms with E-state index in [1.807, 2.05) is 19.1 Å². The van der Waals surface area contributed by atoms with Crippen LogP contribution in [0.3, 0.4) is 0 Å². The highest BCUT2D eigenvalue weighted by atomic mass is 19.4. The van der Waals surface area contributed by atoms with Gasteiger partial charge in [0.1, 0.15) is 18.0 Å². The number of rotatable bonds is 6. The number of nitrogens with zero attached hydrogens (tertiary/aromatic N) is 3. The molecule has 2 aromatic carbocycles. The van der Waals surface area contributed by atoms with Gasteiger partial charge in [-0.05, 0) is 60.5 Å². The second-order valence-corrected chi connectivity index (χ2v) is 7.73. The second kappa shape index (κ2) is 9.45. The molecule has 0 bridgehead atoms. The number of ether oxygens (including phenoxy) is 1. The van der Waals surface area contributed by atoms with Crippen LogP contribution in [0.4, 0.5) is 29.3 Å². The molecule has 0 unspecified atom stereocenters. The number of urea groups is 1. The van der Waals surface area contributed by atoms with E-state index in [2.05, 4.69) is 15.0 Å². The Morgan fingerprint density at radius 1 is 1.09 bits per heavy atom. The Kier molecular flexibility index (Phi) is 6.41. The minimum atomic E-state index is -4.85. The lowest BCUT2D eigenvalue weighted by Crippen LogP contribution is -2.32. The average molecular weight is 484 g/mol. The van der Waals surface area contributed by atoms with Crippen LogP contribution in [-0.2, 0) is 11.3 Å². The van der Waals surface area contributed by atoms with Crippen molar-refractivity contribution < 1.29 is 32.3 Å². The van der Waals surface area contributed by atoms with Crippen molar-refractivity contribution in [2.75, 3.05) is 16.8 Å². The van der Waals surface area contributed by atoms with E-state index in [4.69, 9.17) is 0 Å². The van der Waals surface area contributed by atoms with E-state index < -0.39 is 30.0 Å². The zero-order valence-corrected chi connectivity index (χ0v) is 18.4. The first-order chi connectivity index (χ1) is 16.6. The Labute approximate surface area is 197 Å². The number of carbonyl (C=O) groups is 3. The summed E-state index contributed by atoms with van der Waals surface area (Å²) in [4.78, 5) is 44.2. The zero-order chi connectivity index (χ0) is 25.2. The maximum atomic E-state index is 12.9. The maximum Gasteiger partial charge on any atom is 0.573 e. The van der Waals surface area contributed by atoms with E-state index in [0.29, 0.717) is 11.3 Å². The van der Waals surface area contributed by atoms with E-state index in [-0.39, 0.29) is 24.5 Å². The van der Waals surface area contributed by atoms with Crippen molar-refractivity contribution in [2.45, 2.75) is 19.8 Å². The number of aryl methyl sites for hydroxylation is 1. The second-order valence-electron chi connectivity index (χ2n) is 7.73. The fraction of sp³-hybridized carbons (Fsp3) is 0.167. The van der Waals surface area contributed by atoms with Gasteiger partial charge >= 0.3 is 12.4 Å². The topological polar surface area (TPSA) is 91.8 Å². The molecule has 3 aromatic rings. The molecule has 0 saturated carbocycles. The number of benzene rings is 2. The number of carbonyl (C=O) groups excluding carboxylic acids is 3. The molecule has 1 aliphatic heterocycles. The zero-order valence-electron chi connectivity index (χ0n) is 18.4. The van der Waals surface area contributed by atoms with Gasteiger partial charge in [-0.25, -0.2) is 9.69 Å². The quantitative estimate of drug-likeness (QED) is 0.520. The van der Waals surface area contributed by atoms with Crippen molar-refractivity contribution in [3.63, 3.8) is 0 Å². The number of para-hydroxylation sites is 1. The number of nitrogens with one attached hydrogen (secondary N) is 1. The normalized spacial score (nSPS) is 13.8. The van der Waals surface area contributed by atoms with Crippen molar-refractivity contribution in [3.05, 3.63) is 83.7 Å². The molecule has 1 fully saturated rings. The molecule has 11 heteroatoms. The molecular formula is C24H19F3N4O4. The monoisotopic (exact) mass is 484 g/mol. The van der Waals surface area contributed by atoms with Gasteiger partial charge in [-0.15, -0.1) is 13.2 Å². The first-order valence-electron chi connectivity index (χ1n) is 10.4. The fourth-order valence-electron chi connectivity index (χ4n) is 3.54. The minimum Gasteiger partial charge on any atom is -0.406 e. The lowest BCUT2D eigenvalue weighted by molar-refractivity contribution is -0.274. The summed E-state index contributed by atoms with van der Waals surface area (Å²) in [6, 6.07) is 14.2. The summed E-state index contributed by atoms with van der Waals surface area (Å²) < 4.78 is 40.9. The number of alkyl halides is 3. The highest BCUT2D eigenvalue weighted by Gasteiger charge is 2.37. The molecule has 0 radical (unpaired) electrons. The van der Waals surface area contributed by atoms with Crippen molar-refractivity contribution >= 4 is 29.2 Å². The Morgan fingerprint density at radius 2 is 1.80 bits per heavy atom. The van der Waals surface area contributed by atoms with Gasteiger partial charge < -0.3 is 15.0 Å². The molecule has 2 heterocycles. The van der Waals surface area contributed by atoms with Crippen LogP contribution in [-0.4, -0.2) is 40.6 Å². The smallest absolute Gasteiger partial charge is 0.406 e. The number of amides is 4. The molecule has 1 aromatic heterocycles. The number of hydrogen-bond acceptors (Lipinski definition) is 5. The molecule has 0 aliphatic carbocycles. The predicted molar refractivity (Wildman–Crippen MR) is 120 cm³/mol. The number of imide groups is 1. The van der Waals surface area contributed by atoms with Gasteiger partial charge in [0.05, 0.1) is 5.69 Å². The van der Waals surface area contributed by atoms with Gasteiger partial charge in [0.15, 0.2) is 0 Å². The Hall–Kier alpha value is -4.41. The minimum absolute atomic E-state index is 0.0313. The first kappa shape index (κ1) is 23.7. The highest BCUT2D eigenvalue weighted by Crippen LogP contribution is 2.28. The van der Waals surface area contributed by atoms with Gasteiger partial charge in [0.25, 0.3) is 11.8 Å². The number of hydrogen-bond donors (Lipinski definition) is 1. The van der Waals surface area contributed by atoms with Crippen LogP contribution in [0.5, 0.6) is 5.75 Å². The Balaban J connectivity index is 1.45. The molecule has 0 atom stereocenters. The molecule has 180 valence electrons. The molecule has 1 aliphatic rings. The molecule has 4 rings (SSSR count). The van der Waals surface area contributed by atoms with Crippen LogP contribution >= 0.6 is 0 Å². The summed E-state index contributed by atoms with van der Waals surface area (Å²) in [5.41, 5.74) is 2.36. The van der Waals surface area contributed by atoms with Crippen molar-refractivity contribution in [2.24, 2.45) is 0 Å². The third kappa shape index (κ3) is 5.57. The fourth-order valence-corrected chi connectivity index (χ4v) is 3.54. The summed E-state index contributed by atoms with van der Waals surface area (Å²) in [5.74, 6) is -1.43. The van der Waals surface area contributed by atoms with Crippen molar-refractivity contribution in [1.29, 1.82) is 0 Å². The molecule has 0 spiro atoms. The van der Waals surface area contributed by atoms with Crippen LogP contribution in [0.2, 0.25) is 0 Å². The van der Waals surface area contributed by atoms with Gasteiger partial charge in [-0.1, -0.05) is 18.2 Å². The Bertz CT molecular complexity index is 1280. The van der Waals surface area contributed by atoms with E-state index in [0.717, 1.165) is 22.6 Å². The van der Waals surface area contributed by atoms with Crippen LogP contribution in [0.15, 0.2) is 66.9 Å². The van der Waals surface area contributed by atoms with E-state index in [1.54, 1.807) is 18.2 Å². The lowest BCUT2D eigenvalue weighted by Gasteiger charge is -2.18. The van der Waals surface area contributed by atoms with Crippen molar-refractivity contribution in [3.8, 4) is 5.75 Å². The van der Waals surface area contributed by atoms with Crippen LogP contribution in [0.25, 0.3) is 0 Å². The number of aromatic nitrogens is 1. The summed E-state index contributed by atoms with van der Waals surface area (Å²) >= 11 is 0. The molecule has 8 nitrogen and oxygen atoms in total. The lowest BCUT2D eigenvalue weighted by atomic mass is 10.2. The van der Waals surface area contributed by atoms with E-state index in [9.17, 15) is 27.6 Å². The molecule has 35 heavy (non-hydrogen) atoms. The number of pyridine rings is 1. The number of halogens is 3. The molecule has 4 amide bonds. The largest absolute Gasteiger partial charge is 0.573 e. The van der Waals surface area contributed by atoms with E-state index >= 15 is 0 Å². The predicted octanol–water partition coefficient (Wildman–Crippen LogP) is 4.51. The highest BCUT2D eigenvalue weighted by molar-refractivity contribution is 6.19. The third-order valence-electron chi connectivity index (χ3n) is 5.19. The van der Waals surface area contributed by atoms with Crippen molar-refractivity contribution in [1.82, 2.24) is 9.88 Å². The standard InChI is InChI=1S/C24H19F3N4O4/c1-15-4-2-3-5-19(15)29-22(33)20-12-16(10-11-28-20)13-30-14-21(32)31(23(30)34)17-6-8-18(9-7-17)35-24(25,26)27/h2-12H,13-14H2,1H3,(H,29,33). The summed E-state index contributed by atoms with van der Waals surface area (Å²) in [7, 11) is 0. The van der Waals surface area contributed by atoms with Gasteiger partial charge in [-0.2, -0.15) is 0 Å². The average Bonchev–Trinajstić information content (AvgIpc) is 3.08. The summed E-state index contributed by atoms with van der Waals surface area (Å²) in [6.45, 7) is 1.66. The summed E-state index contributed by atoms with van der Waals surface area (Å²) in [5, 5.41) is 2.79. The van der Waals surface area contributed by atoms with Crippen LogP contribution in [0.1, 0.15) is 21.6 Å². The van der Waals surface area contributed by atoms with Crippen LogP contribution in [0, 0.1) is 6.92 Å². The SMILES string of the molecule is Cc1ccccc1NC(=O)c1cc(CN2CC(=O)N(c3ccc(OC(F)(F)F)cc3)C2=O)ccn1. The van der Waals surface area contributed by atoms with E-state index in [1.165, 1.54) is 29.3 Å². The maximum absolute atomic E-state index is 12.9. The number of anilines is 2. The van der Waals surface area contributed by atoms with Gasteiger partial charge in [-0.3, -0.25) is 14.6 Å².